The van der Waals surface area contributed by atoms with Gasteiger partial charge in [-0.3, -0.25) is 14.4 Å². The monoisotopic (exact) mass is 394 g/mol. The number of rotatable bonds is 8. The Balaban J connectivity index is 2.07. The fourth-order valence-electron chi connectivity index (χ4n) is 5.41. The molecule has 2 amide bonds. The first kappa shape index (κ1) is 20.8. The number of ether oxygens (including phenoxy) is 1. The lowest BCUT2D eigenvalue weighted by Gasteiger charge is -2.38. The summed E-state index contributed by atoms with van der Waals surface area (Å²) in [6, 6.07) is -0.995. The largest absolute Gasteiger partial charge is 0.481 e. The number of aliphatic hydroxyl groups excluding tert-OH is 1. The van der Waals surface area contributed by atoms with Crippen molar-refractivity contribution in [3.05, 3.63) is 12.7 Å². The van der Waals surface area contributed by atoms with Crippen LogP contribution in [-0.2, 0) is 19.1 Å². The molecular weight excluding hydrogens is 364 g/mol. The summed E-state index contributed by atoms with van der Waals surface area (Å²) in [6.07, 6.45) is 2.91. The molecule has 3 heterocycles. The number of hydrogen-bond donors (Lipinski definition) is 2. The molecule has 3 aliphatic heterocycles. The molecule has 2 unspecified atom stereocenters. The first-order valence-electron chi connectivity index (χ1n) is 9.90. The van der Waals surface area contributed by atoms with E-state index < -0.39 is 35.0 Å². The van der Waals surface area contributed by atoms with Gasteiger partial charge in [-0.25, -0.2) is 0 Å². The average molecular weight is 394 g/mol. The normalized spacial score (nSPS) is 36.1. The number of aliphatic carboxylic acids is 1. The van der Waals surface area contributed by atoms with E-state index in [9.17, 15) is 24.6 Å². The van der Waals surface area contributed by atoms with E-state index in [2.05, 4.69) is 6.58 Å². The third kappa shape index (κ3) is 2.76. The summed E-state index contributed by atoms with van der Waals surface area (Å²) < 4.78 is 6.29. The lowest BCUT2D eigenvalue weighted by molar-refractivity contribution is -0.156. The van der Waals surface area contributed by atoms with Crippen LogP contribution < -0.4 is 0 Å². The van der Waals surface area contributed by atoms with Crippen molar-refractivity contribution in [1.29, 1.82) is 0 Å². The van der Waals surface area contributed by atoms with E-state index >= 15 is 0 Å². The minimum Gasteiger partial charge on any atom is -0.481 e. The highest BCUT2D eigenvalue weighted by Gasteiger charge is 2.78. The van der Waals surface area contributed by atoms with Crippen LogP contribution in [0.25, 0.3) is 0 Å². The lowest BCUT2D eigenvalue weighted by Crippen LogP contribution is -2.57. The first-order chi connectivity index (χ1) is 13.1. The SMILES string of the molecule is C=CCN(C(=O)C1N(CCCO)C(=O)[C@@H]2[C@@H](C(=O)O)[C@@]3(C)CCC12O3)C(C)C. The Labute approximate surface area is 165 Å². The van der Waals surface area contributed by atoms with Crippen LogP contribution in [0.15, 0.2) is 12.7 Å². The fourth-order valence-corrected chi connectivity index (χ4v) is 5.41. The van der Waals surface area contributed by atoms with Crippen LogP contribution in [-0.4, -0.2) is 80.8 Å². The van der Waals surface area contributed by atoms with Gasteiger partial charge in [0.2, 0.25) is 11.8 Å². The van der Waals surface area contributed by atoms with E-state index in [1.165, 1.54) is 4.90 Å². The summed E-state index contributed by atoms with van der Waals surface area (Å²) in [6.45, 7) is 9.63. The zero-order valence-electron chi connectivity index (χ0n) is 16.8. The number of fused-ring (bicyclic) bond motifs is 1. The van der Waals surface area contributed by atoms with Gasteiger partial charge in [0.1, 0.15) is 11.6 Å². The molecular formula is C20H30N2O6. The Morgan fingerprint density at radius 2 is 2.11 bits per heavy atom. The molecule has 0 aromatic carbocycles. The number of carboxylic acids is 1. The Morgan fingerprint density at radius 3 is 2.64 bits per heavy atom. The van der Waals surface area contributed by atoms with Crippen molar-refractivity contribution >= 4 is 17.8 Å². The van der Waals surface area contributed by atoms with Crippen molar-refractivity contribution in [2.24, 2.45) is 11.8 Å². The number of hydrogen-bond acceptors (Lipinski definition) is 5. The highest BCUT2D eigenvalue weighted by molar-refractivity contribution is 5.98. The molecule has 28 heavy (non-hydrogen) atoms. The van der Waals surface area contributed by atoms with Crippen molar-refractivity contribution in [2.75, 3.05) is 19.7 Å². The van der Waals surface area contributed by atoms with E-state index in [4.69, 9.17) is 4.74 Å². The zero-order chi connectivity index (χ0) is 20.9. The number of nitrogens with zero attached hydrogens (tertiary/aromatic N) is 2. The molecule has 3 saturated heterocycles. The van der Waals surface area contributed by atoms with Gasteiger partial charge in [0.25, 0.3) is 0 Å². The second-order valence-electron chi connectivity index (χ2n) is 8.55. The van der Waals surface area contributed by atoms with Crippen molar-refractivity contribution in [2.45, 2.75) is 63.3 Å². The molecule has 2 N–H and O–H groups in total. The molecule has 0 aliphatic carbocycles. The minimum absolute atomic E-state index is 0.111. The van der Waals surface area contributed by atoms with E-state index in [0.717, 1.165) is 0 Å². The quantitative estimate of drug-likeness (QED) is 0.585. The van der Waals surface area contributed by atoms with Crippen LogP contribution in [0, 0.1) is 11.8 Å². The number of amides is 2. The van der Waals surface area contributed by atoms with Gasteiger partial charge in [0, 0.05) is 25.7 Å². The first-order valence-corrected chi connectivity index (χ1v) is 9.90. The third-order valence-electron chi connectivity index (χ3n) is 6.57. The summed E-state index contributed by atoms with van der Waals surface area (Å²) in [7, 11) is 0. The molecule has 1 spiro atoms. The molecule has 3 rings (SSSR count). The van der Waals surface area contributed by atoms with Crippen molar-refractivity contribution in [3.63, 3.8) is 0 Å². The lowest BCUT2D eigenvalue weighted by atomic mass is 9.66. The predicted molar refractivity (Wildman–Crippen MR) is 100 cm³/mol. The molecule has 2 bridgehead atoms. The number of likely N-dealkylation sites (tertiary alicyclic amines) is 1. The summed E-state index contributed by atoms with van der Waals surface area (Å²) >= 11 is 0. The van der Waals surface area contributed by atoms with Crippen molar-refractivity contribution < 1.29 is 29.3 Å². The van der Waals surface area contributed by atoms with E-state index in [1.54, 1.807) is 17.9 Å². The maximum atomic E-state index is 13.6. The molecule has 156 valence electrons. The van der Waals surface area contributed by atoms with Gasteiger partial charge < -0.3 is 24.7 Å². The maximum absolute atomic E-state index is 13.6. The van der Waals surface area contributed by atoms with Gasteiger partial charge in [0.05, 0.1) is 17.4 Å². The van der Waals surface area contributed by atoms with E-state index in [1.807, 2.05) is 13.8 Å². The summed E-state index contributed by atoms with van der Waals surface area (Å²) in [5, 5.41) is 19.1. The third-order valence-corrected chi connectivity index (χ3v) is 6.57. The molecule has 0 aromatic heterocycles. The van der Waals surface area contributed by atoms with Crippen LogP contribution >= 0.6 is 0 Å². The van der Waals surface area contributed by atoms with Crippen molar-refractivity contribution in [3.8, 4) is 0 Å². The topological polar surface area (TPSA) is 107 Å². The van der Waals surface area contributed by atoms with Crippen LogP contribution in [0.4, 0.5) is 0 Å². The minimum atomic E-state index is -1.13. The molecule has 8 heteroatoms. The van der Waals surface area contributed by atoms with Gasteiger partial charge in [-0.05, 0) is 40.0 Å². The van der Waals surface area contributed by atoms with Crippen LogP contribution in [0.3, 0.4) is 0 Å². The molecule has 0 radical (unpaired) electrons. The van der Waals surface area contributed by atoms with E-state index in [-0.39, 0.29) is 31.0 Å². The Morgan fingerprint density at radius 1 is 1.43 bits per heavy atom. The molecule has 0 saturated carbocycles. The van der Waals surface area contributed by atoms with Gasteiger partial charge >= 0.3 is 5.97 Å². The Bertz CT molecular complexity index is 694. The number of carbonyl (C=O) groups excluding carboxylic acids is 2. The molecule has 3 fully saturated rings. The average Bonchev–Trinajstić information content (AvgIpc) is 3.18. The predicted octanol–water partition coefficient (Wildman–Crippen LogP) is 0.641. The standard InChI is InChI=1S/C20H30N2O6/c1-5-9-21(12(2)3)17(25)15-20-8-7-19(4,28-20)14(18(26)27)13(20)16(24)22(15)10-6-11-23/h5,12-15,23H,1,6-11H2,2-4H3,(H,26,27)/t13-,14-,15?,19+,20?/m0/s1. The van der Waals surface area contributed by atoms with Gasteiger partial charge in [-0.15, -0.1) is 6.58 Å². The van der Waals surface area contributed by atoms with Crippen LogP contribution in [0.5, 0.6) is 0 Å². The van der Waals surface area contributed by atoms with Crippen LogP contribution in [0.1, 0.15) is 40.0 Å². The summed E-state index contributed by atoms with van der Waals surface area (Å²) in [5.74, 6) is -3.53. The van der Waals surface area contributed by atoms with Gasteiger partial charge in [-0.1, -0.05) is 6.08 Å². The highest BCUT2D eigenvalue weighted by Crippen LogP contribution is 2.63. The second-order valence-corrected chi connectivity index (χ2v) is 8.55. The summed E-state index contributed by atoms with van der Waals surface area (Å²) in [5.41, 5.74) is -2.08. The summed E-state index contributed by atoms with van der Waals surface area (Å²) in [4.78, 5) is 42.0. The number of carbonyl (C=O) groups is 3. The molecule has 5 atom stereocenters. The van der Waals surface area contributed by atoms with E-state index in [0.29, 0.717) is 25.8 Å². The van der Waals surface area contributed by atoms with Crippen molar-refractivity contribution in [1.82, 2.24) is 9.80 Å². The maximum Gasteiger partial charge on any atom is 0.310 e. The highest BCUT2D eigenvalue weighted by atomic mass is 16.5. The van der Waals surface area contributed by atoms with Crippen LogP contribution in [0.2, 0.25) is 0 Å². The molecule has 8 nitrogen and oxygen atoms in total. The van der Waals surface area contributed by atoms with Gasteiger partial charge in [0.15, 0.2) is 0 Å². The van der Waals surface area contributed by atoms with Gasteiger partial charge in [-0.2, -0.15) is 0 Å². The fraction of sp³-hybridized carbons (Fsp3) is 0.750. The molecule has 3 aliphatic rings. The smallest absolute Gasteiger partial charge is 0.310 e. The Kier molecular flexibility index (Phi) is 5.31. The molecule has 0 aromatic rings. The number of aliphatic hydroxyl groups is 1. The second kappa shape index (κ2) is 7.15. The zero-order valence-corrected chi connectivity index (χ0v) is 16.8. The Hall–Kier alpha value is -1.93. The number of carboxylic acid groups (broad SMARTS) is 1.